The predicted molar refractivity (Wildman–Crippen MR) is 80.1 cm³/mol. The molecule has 0 amide bonds. The minimum Gasteiger partial charge on any atom is -0.389 e. The number of aryl methyl sites for hydroxylation is 1. The van der Waals surface area contributed by atoms with E-state index in [4.69, 9.17) is 18.0 Å². The van der Waals surface area contributed by atoms with Crippen molar-refractivity contribution in [3.63, 3.8) is 0 Å². The lowest BCUT2D eigenvalue weighted by Crippen LogP contribution is -2.41. The Morgan fingerprint density at radius 1 is 1.50 bits per heavy atom. The lowest BCUT2D eigenvalue weighted by atomic mass is 9.99. The topological polar surface area (TPSA) is 42.2 Å². The van der Waals surface area contributed by atoms with E-state index in [-0.39, 0.29) is 0 Å². The van der Waals surface area contributed by atoms with Crippen LogP contribution in [0.3, 0.4) is 0 Å². The molecule has 1 saturated heterocycles. The molecule has 1 aromatic heterocycles. The Kier molecular flexibility index (Phi) is 4.17. The molecule has 0 spiro atoms. The van der Waals surface area contributed by atoms with Gasteiger partial charge in [-0.2, -0.15) is 0 Å². The average molecular weight is 263 g/mol. The van der Waals surface area contributed by atoms with Crippen molar-refractivity contribution in [2.75, 3.05) is 11.4 Å². The van der Waals surface area contributed by atoms with E-state index in [1.807, 2.05) is 19.1 Å². The first kappa shape index (κ1) is 13.3. The van der Waals surface area contributed by atoms with Crippen molar-refractivity contribution in [1.29, 1.82) is 0 Å². The molecule has 98 valence electrons. The largest absolute Gasteiger partial charge is 0.389 e. The van der Waals surface area contributed by atoms with E-state index in [1.165, 1.54) is 19.3 Å². The van der Waals surface area contributed by atoms with Gasteiger partial charge in [0.2, 0.25) is 0 Å². The third kappa shape index (κ3) is 2.64. The molecule has 3 nitrogen and oxygen atoms in total. The molecular weight excluding hydrogens is 242 g/mol. The van der Waals surface area contributed by atoms with Gasteiger partial charge in [-0.25, -0.2) is 4.98 Å². The molecule has 4 heteroatoms. The summed E-state index contributed by atoms with van der Waals surface area (Å²) < 4.78 is 0. The first-order valence-corrected chi connectivity index (χ1v) is 7.08. The number of thiocarbonyl (C=S) groups is 1. The molecule has 1 fully saturated rings. The molecule has 2 rings (SSSR count). The summed E-state index contributed by atoms with van der Waals surface area (Å²) in [6.07, 6.45) is 4.92. The molecule has 2 heterocycles. The first-order valence-electron chi connectivity index (χ1n) is 6.67. The van der Waals surface area contributed by atoms with Crippen LogP contribution >= 0.6 is 12.2 Å². The summed E-state index contributed by atoms with van der Waals surface area (Å²) in [5, 5.41) is 0. The molecule has 0 saturated carbocycles. The summed E-state index contributed by atoms with van der Waals surface area (Å²) in [7, 11) is 0. The molecule has 1 atom stereocenters. The molecule has 1 aliphatic heterocycles. The third-order valence-electron chi connectivity index (χ3n) is 3.65. The molecule has 1 aliphatic rings. The first-order chi connectivity index (χ1) is 8.63. The minimum atomic E-state index is 0.443. The van der Waals surface area contributed by atoms with Crippen molar-refractivity contribution in [3.8, 4) is 0 Å². The van der Waals surface area contributed by atoms with Crippen LogP contribution in [0.1, 0.15) is 43.9 Å². The second kappa shape index (κ2) is 5.65. The van der Waals surface area contributed by atoms with Gasteiger partial charge in [-0.05, 0) is 44.7 Å². The van der Waals surface area contributed by atoms with E-state index in [0.717, 1.165) is 30.0 Å². The van der Waals surface area contributed by atoms with Crippen LogP contribution in [-0.2, 0) is 0 Å². The van der Waals surface area contributed by atoms with Crippen LogP contribution in [0.5, 0.6) is 0 Å². The third-order valence-corrected chi connectivity index (χ3v) is 3.87. The van der Waals surface area contributed by atoms with Crippen LogP contribution in [0.4, 0.5) is 5.82 Å². The highest BCUT2D eigenvalue weighted by molar-refractivity contribution is 7.80. The Morgan fingerprint density at radius 2 is 2.28 bits per heavy atom. The van der Waals surface area contributed by atoms with Gasteiger partial charge >= 0.3 is 0 Å². The maximum Gasteiger partial charge on any atom is 0.139 e. The van der Waals surface area contributed by atoms with E-state index >= 15 is 0 Å². The van der Waals surface area contributed by atoms with E-state index in [1.54, 1.807) is 0 Å². The highest BCUT2D eigenvalue weighted by atomic mass is 32.1. The summed E-state index contributed by atoms with van der Waals surface area (Å²) in [4.78, 5) is 7.51. The van der Waals surface area contributed by atoms with Crippen LogP contribution in [0.2, 0.25) is 0 Å². The van der Waals surface area contributed by atoms with Crippen molar-refractivity contribution in [2.24, 2.45) is 5.73 Å². The number of nitrogens with two attached hydrogens (primary N) is 1. The van der Waals surface area contributed by atoms with Gasteiger partial charge < -0.3 is 10.6 Å². The summed E-state index contributed by atoms with van der Waals surface area (Å²) in [5.41, 5.74) is 7.75. The highest BCUT2D eigenvalue weighted by Crippen LogP contribution is 2.28. The van der Waals surface area contributed by atoms with Gasteiger partial charge in [0.15, 0.2) is 0 Å². The molecule has 0 radical (unpaired) electrons. The van der Waals surface area contributed by atoms with Crippen LogP contribution < -0.4 is 10.6 Å². The van der Waals surface area contributed by atoms with Crippen LogP contribution in [-0.4, -0.2) is 22.6 Å². The molecule has 0 aromatic carbocycles. The second-order valence-electron chi connectivity index (χ2n) is 4.94. The van der Waals surface area contributed by atoms with Crippen molar-refractivity contribution in [1.82, 2.24) is 4.98 Å². The fraction of sp³-hybridized carbons (Fsp3) is 0.571. The molecule has 1 aromatic rings. The summed E-state index contributed by atoms with van der Waals surface area (Å²) >= 11 is 5.15. The lowest BCUT2D eigenvalue weighted by molar-refractivity contribution is 0.446. The average Bonchev–Trinajstić information content (AvgIpc) is 2.38. The zero-order valence-corrected chi connectivity index (χ0v) is 12.0. The van der Waals surface area contributed by atoms with Crippen molar-refractivity contribution >= 4 is 23.0 Å². The molecule has 2 N–H and O–H groups in total. The lowest BCUT2D eigenvalue weighted by Gasteiger charge is -2.37. The van der Waals surface area contributed by atoms with Crippen molar-refractivity contribution in [2.45, 2.75) is 45.6 Å². The highest BCUT2D eigenvalue weighted by Gasteiger charge is 2.24. The number of pyridine rings is 1. The fourth-order valence-electron chi connectivity index (χ4n) is 2.66. The molecule has 18 heavy (non-hydrogen) atoms. The maximum atomic E-state index is 5.82. The Labute approximate surface area is 114 Å². The number of piperidine rings is 1. The Morgan fingerprint density at radius 3 is 2.94 bits per heavy atom. The second-order valence-corrected chi connectivity index (χ2v) is 5.38. The molecule has 0 bridgehead atoms. The zero-order valence-electron chi connectivity index (χ0n) is 11.1. The number of hydrogen-bond acceptors (Lipinski definition) is 3. The number of nitrogens with zero attached hydrogens (tertiary/aromatic N) is 2. The Balaban J connectivity index is 2.41. The molecule has 0 aliphatic carbocycles. The van der Waals surface area contributed by atoms with Crippen LogP contribution in [0, 0.1) is 6.92 Å². The van der Waals surface area contributed by atoms with E-state index < -0.39 is 0 Å². The van der Waals surface area contributed by atoms with Gasteiger partial charge in [0.05, 0.1) is 5.56 Å². The number of hydrogen-bond donors (Lipinski definition) is 1. The van der Waals surface area contributed by atoms with Crippen molar-refractivity contribution < 1.29 is 0 Å². The van der Waals surface area contributed by atoms with Gasteiger partial charge in [-0.3, -0.25) is 0 Å². The Hall–Kier alpha value is -1.16. The number of anilines is 1. The summed E-state index contributed by atoms with van der Waals surface area (Å²) in [6, 6.07) is 4.55. The van der Waals surface area contributed by atoms with Gasteiger partial charge in [0.25, 0.3) is 0 Å². The van der Waals surface area contributed by atoms with Gasteiger partial charge in [-0.1, -0.05) is 19.1 Å². The van der Waals surface area contributed by atoms with Gasteiger partial charge in [0, 0.05) is 18.3 Å². The monoisotopic (exact) mass is 263 g/mol. The number of aromatic nitrogens is 1. The smallest absolute Gasteiger partial charge is 0.139 e. The molecular formula is C14H21N3S. The van der Waals surface area contributed by atoms with E-state index in [2.05, 4.69) is 16.8 Å². The molecule has 1 unspecified atom stereocenters. The zero-order chi connectivity index (χ0) is 13.1. The normalized spacial score (nSPS) is 19.9. The fourth-order valence-corrected chi connectivity index (χ4v) is 2.82. The number of rotatable bonds is 3. The van der Waals surface area contributed by atoms with Crippen molar-refractivity contribution in [3.05, 3.63) is 23.4 Å². The van der Waals surface area contributed by atoms with E-state index in [0.29, 0.717) is 11.0 Å². The minimum absolute atomic E-state index is 0.443. The quantitative estimate of drug-likeness (QED) is 0.852. The van der Waals surface area contributed by atoms with Gasteiger partial charge in [-0.15, -0.1) is 0 Å². The summed E-state index contributed by atoms with van der Waals surface area (Å²) in [5.74, 6) is 0.981. The Bertz CT molecular complexity index is 445. The SMILES string of the molecule is CCC1CCCCN1c1nc(C)ccc1C(N)=S. The van der Waals surface area contributed by atoms with Crippen LogP contribution in [0.15, 0.2) is 12.1 Å². The van der Waals surface area contributed by atoms with Crippen LogP contribution in [0.25, 0.3) is 0 Å². The summed E-state index contributed by atoms with van der Waals surface area (Å²) in [6.45, 7) is 5.31. The van der Waals surface area contributed by atoms with Gasteiger partial charge in [0.1, 0.15) is 10.8 Å². The standard InChI is InChI=1S/C14H21N3S/c1-3-11-6-4-5-9-17(11)14-12(13(15)18)8-7-10(2)16-14/h7-8,11H,3-6,9H2,1-2H3,(H2,15,18). The van der Waals surface area contributed by atoms with E-state index in [9.17, 15) is 0 Å². The maximum absolute atomic E-state index is 5.82. The predicted octanol–water partition coefficient (Wildman–Crippen LogP) is 2.79.